The summed E-state index contributed by atoms with van der Waals surface area (Å²) in [7, 11) is 4.27. The van der Waals surface area contributed by atoms with Gasteiger partial charge in [-0.15, -0.1) is 12.4 Å². The summed E-state index contributed by atoms with van der Waals surface area (Å²) in [6, 6.07) is 4.24. The molecule has 0 radical (unpaired) electrons. The molecule has 2 nitrogen and oxygen atoms in total. The molecule has 0 aliphatic heterocycles. The summed E-state index contributed by atoms with van der Waals surface area (Å²) in [5.74, 6) is 0. The molecule has 88 valence electrons. The van der Waals surface area contributed by atoms with Gasteiger partial charge in [0.2, 0.25) is 0 Å². The number of pyridine rings is 1. The van der Waals surface area contributed by atoms with Crippen molar-refractivity contribution < 1.29 is 0 Å². The van der Waals surface area contributed by atoms with E-state index in [1.54, 1.807) is 11.1 Å². The topological polar surface area (TPSA) is 16.1 Å². The summed E-state index contributed by atoms with van der Waals surface area (Å²) in [5.41, 5.74) is 4.51. The van der Waals surface area contributed by atoms with E-state index in [4.69, 9.17) is 0 Å². The lowest BCUT2D eigenvalue weighted by Crippen LogP contribution is -2.14. The maximum absolute atomic E-state index is 4.07. The lowest BCUT2D eigenvalue weighted by molar-refractivity contribution is 0.442. The monoisotopic (exact) mass is 238 g/mol. The Bertz CT molecular complexity index is 357. The van der Waals surface area contributed by atoms with Crippen LogP contribution in [-0.2, 0) is 0 Å². The molecule has 2 rings (SSSR count). The molecule has 0 saturated carbocycles. The van der Waals surface area contributed by atoms with Gasteiger partial charge in [-0.25, -0.2) is 0 Å². The molecule has 1 heterocycles. The van der Waals surface area contributed by atoms with E-state index in [2.05, 4.69) is 36.1 Å². The van der Waals surface area contributed by atoms with Crippen molar-refractivity contribution in [3.63, 3.8) is 0 Å². The molecule has 1 aliphatic carbocycles. The average molecular weight is 239 g/mol. The van der Waals surface area contributed by atoms with Gasteiger partial charge in [0, 0.05) is 18.9 Å². The first-order valence-corrected chi connectivity index (χ1v) is 5.53. The number of allylic oxidation sites excluding steroid dienone is 1. The van der Waals surface area contributed by atoms with E-state index in [-0.39, 0.29) is 12.4 Å². The zero-order chi connectivity index (χ0) is 10.7. The Morgan fingerprint density at radius 2 is 1.88 bits per heavy atom. The van der Waals surface area contributed by atoms with Gasteiger partial charge in [-0.3, -0.25) is 4.98 Å². The van der Waals surface area contributed by atoms with Gasteiger partial charge in [-0.2, -0.15) is 0 Å². The van der Waals surface area contributed by atoms with Gasteiger partial charge in [0.15, 0.2) is 0 Å². The van der Waals surface area contributed by atoms with Crippen LogP contribution in [0.4, 0.5) is 0 Å². The SMILES string of the molecule is CN(C)CC1=C(c2ccncc2)CCC1.Cl. The number of hydrogen-bond donors (Lipinski definition) is 0. The second kappa shape index (κ2) is 6.02. The van der Waals surface area contributed by atoms with Gasteiger partial charge in [-0.1, -0.05) is 5.57 Å². The number of hydrogen-bond acceptors (Lipinski definition) is 2. The Morgan fingerprint density at radius 1 is 1.19 bits per heavy atom. The first-order chi connectivity index (χ1) is 7.27. The minimum absolute atomic E-state index is 0. The standard InChI is InChI=1S/C13H18N2.ClH/c1-15(2)10-12-4-3-5-13(12)11-6-8-14-9-7-11;/h6-9H,3-5,10H2,1-2H3;1H. The third-order valence-electron chi connectivity index (χ3n) is 2.87. The van der Waals surface area contributed by atoms with E-state index in [9.17, 15) is 0 Å². The highest BCUT2D eigenvalue weighted by molar-refractivity contribution is 5.85. The van der Waals surface area contributed by atoms with Crippen LogP contribution in [0.3, 0.4) is 0 Å². The van der Waals surface area contributed by atoms with Gasteiger partial charge in [0.25, 0.3) is 0 Å². The largest absolute Gasteiger partial charge is 0.305 e. The van der Waals surface area contributed by atoms with E-state index in [0.29, 0.717) is 0 Å². The fourth-order valence-electron chi connectivity index (χ4n) is 2.26. The van der Waals surface area contributed by atoms with Crippen LogP contribution in [0, 0.1) is 0 Å². The van der Waals surface area contributed by atoms with Gasteiger partial charge >= 0.3 is 0 Å². The molecule has 0 saturated heterocycles. The Morgan fingerprint density at radius 3 is 2.50 bits per heavy atom. The van der Waals surface area contributed by atoms with E-state index in [1.807, 2.05) is 12.4 Å². The number of nitrogens with zero attached hydrogens (tertiary/aromatic N) is 2. The summed E-state index contributed by atoms with van der Waals surface area (Å²) < 4.78 is 0. The predicted octanol–water partition coefficient (Wildman–Crippen LogP) is 3.00. The van der Waals surface area contributed by atoms with Crippen molar-refractivity contribution in [1.82, 2.24) is 9.88 Å². The molecule has 0 aromatic carbocycles. The van der Waals surface area contributed by atoms with Gasteiger partial charge in [-0.05, 0) is 56.6 Å². The number of likely N-dealkylation sites (N-methyl/N-ethyl adjacent to an activating group) is 1. The minimum atomic E-state index is 0. The molecule has 0 spiro atoms. The molecule has 3 heteroatoms. The smallest absolute Gasteiger partial charge is 0.0273 e. The second-order valence-corrected chi connectivity index (χ2v) is 4.41. The predicted molar refractivity (Wildman–Crippen MR) is 70.8 cm³/mol. The van der Waals surface area contributed by atoms with Crippen LogP contribution in [0.2, 0.25) is 0 Å². The fraction of sp³-hybridized carbons (Fsp3) is 0.462. The molecule has 0 atom stereocenters. The van der Waals surface area contributed by atoms with E-state index < -0.39 is 0 Å². The molecule has 0 fully saturated rings. The lowest BCUT2D eigenvalue weighted by Gasteiger charge is -2.13. The van der Waals surface area contributed by atoms with Crippen LogP contribution in [0.15, 0.2) is 30.1 Å². The van der Waals surface area contributed by atoms with Crippen LogP contribution in [0.5, 0.6) is 0 Å². The van der Waals surface area contributed by atoms with Crippen molar-refractivity contribution in [1.29, 1.82) is 0 Å². The van der Waals surface area contributed by atoms with Crippen molar-refractivity contribution in [2.24, 2.45) is 0 Å². The molecule has 0 amide bonds. The maximum atomic E-state index is 4.07. The molecular weight excluding hydrogens is 220 g/mol. The van der Waals surface area contributed by atoms with Crippen LogP contribution < -0.4 is 0 Å². The van der Waals surface area contributed by atoms with Crippen LogP contribution in [-0.4, -0.2) is 30.5 Å². The van der Waals surface area contributed by atoms with Gasteiger partial charge in [0.1, 0.15) is 0 Å². The number of aromatic nitrogens is 1. The molecule has 16 heavy (non-hydrogen) atoms. The summed E-state index contributed by atoms with van der Waals surface area (Å²) in [4.78, 5) is 6.32. The Hall–Kier alpha value is -0.860. The maximum Gasteiger partial charge on any atom is 0.0273 e. The van der Waals surface area contributed by atoms with E-state index in [0.717, 1.165) is 6.54 Å². The molecule has 1 aliphatic rings. The first-order valence-electron chi connectivity index (χ1n) is 5.53. The van der Waals surface area contributed by atoms with Crippen molar-refractivity contribution >= 4 is 18.0 Å². The van der Waals surface area contributed by atoms with Gasteiger partial charge < -0.3 is 4.90 Å². The zero-order valence-corrected chi connectivity index (χ0v) is 10.8. The van der Waals surface area contributed by atoms with E-state index in [1.165, 1.54) is 24.8 Å². The minimum Gasteiger partial charge on any atom is -0.305 e. The number of rotatable bonds is 3. The van der Waals surface area contributed by atoms with Crippen molar-refractivity contribution in [2.75, 3.05) is 20.6 Å². The lowest BCUT2D eigenvalue weighted by atomic mass is 10.0. The summed E-state index contributed by atoms with van der Waals surface area (Å²) in [6.07, 6.45) is 7.56. The second-order valence-electron chi connectivity index (χ2n) is 4.41. The average Bonchev–Trinajstić information content (AvgIpc) is 2.66. The van der Waals surface area contributed by atoms with E-state index >= 15 is 0 Å². The quantitative estimate of drug-likeness (QED) is 0.805. The first kappa shape index (κ1) is 13.2. The Kier molecular flexibility index (Phi) is 4.97. The molecule has 0 bridgehead atoms. The normalized spacial score (nSPS) is 15.4. The molecule has 1 aromatic rings. The molecule has 0 unspecified atom stereocenters. The highest BCUT2D eigenvalue weighted by Crippen LogP contribution is 2.33. The molecule has 0 N–H and O–H groups in total. The van der Waals surface area contributed by atoms with Crippen LogP contribution >= 0.6 is 12.4 Å². The zero-order valence-electron chi connectivity index (χ0n) is 9.94. The summed E-state index contributed by atoms with van der Waals surface area (Å²) >= 11 is 0. The number of halogens is 1. The van der Waals surface area contributed by atoms with Crippen molar-refractivity contribution in [2.45, 2.75) is 19.3 Å². The highest BCUT2D eigenvalue weighted by Gasteiger charge is 2.15. The Labute approximate surface area is 104 Å². The molecular formula is C13H19ClN2. The van der Waals surface area contributed by atoms with Crippen molar-refractivity contribution in [3.05, 3.63) is 35.7 Å². The highest BCUT2D eigenvalue weighted by atomic mass is 35.5. The fourth-order valence-corrected chi connectivity index (χ4v) is 2.26. The van der Waals surface area contributed by atoms with Crippen LogP contribution in [0.1, 0.15) is 24.8 Å². The van der Waals surface area contributed by atoms with Crippen LogP contribution in [0.25, 0.3) is 5.57 Å². The molecule has 1 aromatic heterocycles. The summed E-state index contributed by atoms with van der Waals surface area (Å²) in [6.45, 7) is 1.09. The third kappa shape index (κ3) is 3.06. The van der Waals surface area contributed by atoms with Crippen molar-refractivity contribution in [3.8, 4) is 0 Å². The third-order valence-corrected chi connectivity index (χ3v) is 2.87. The summed E-state index contributed by atoms with van der Waals surface area (Å²) in [5, 5.41) is 0. The van der Waals surface area contributed by atoms with Gasteiger partial charge in [0.05, 0.1) is 0 Å². The Balaban J connectivity index is 0.00000128.